The van der Waals surface area contributed by atoms with Crippen molar-refractivity contribution in [1.29, 1.82) is 0 Å². The van der Waals surface area contributed by atoms with Crippen LogP contribution < -0.4 is 5.32 Å². The molecule has 1 saturated carbocycles. The van der Waals surface area contributed by atoms with Gasteiger partial charge in [0.1, 0.15) is 11.5 Å². The Hall–Kier alpha value is -1.71. The van der Waals surface area contributed by atoms with Gasteiger partial charge >= 0.3 is 0 Å². The molecule has 0 spiro atoms. The third kappa shape index (κ3) is 2.75. The minimum Gasteiger partial charge on any atom is -0.508 e. The quantitative estimate of drug-likeness (QED) is 0.769. The van der Waals surface area contributed by atoms with Gasteiger partial charge in [0.25, 0.3) is 5.91 Å². The lowest BCUT2D eigenvalue weighted by Gasteiger charge is -2.16. The fourth-order valence-electron chi connectivity index (χ4n) is 2.56. The fourth-order valence-corrected chi connectivity index (χ4v) is 2.56. The van der Waals surface area contributed by atoms with Crippen LogP contribution in [0.5, 0.6) is 11.5 Å². The summed E-state index contributed by atoms with van der Waals surface area (Å²) >= 11 is 0. The summed E-state index contributed by atoms with van der Waals surface area (Å²) in [7, 11) is 0. The number of rotatable bonds is 3. The Kier molecular flexibility index (Phi) is 3.75. The molecule has 2 atom stereocenters. The lowest BCUT2D eigenvalue weighted by Crippen LogP contribution is -2.30. The third-order valence-corrected chi connectivity index (χ3v) is 3.79. The van der Waals surface area contributed by atoms with Crippen LogP contribution in [0.4, 0.5) is 0 Å². The SMILES string of the molecule is CC1CCCC1CNC(=O)c1ccc(O)cc1O. The van der Waals surface area contributed by atoms with Gasteiger partial charge in [0.2, 0.25) is 0 Å². The Labute approximate surface area is 107 Å². The fraction of sp³-hybridized carbons (Fsp3) is 0.500. The van der Waals surface area contributed by atoms with Crippen molar-refractivity contribution >= 4 is 5.91 Å². The average molecular weight is 249 g/mol. The summed E-state index contributed by atoms with van der Waals surface area (Å²) < 4.78 is 0. The number of carbonyl (C=O) groups excluding carboxylic acids is 1. The van der Waals surface area contributed by atoms with Crippen LogP contribution in [0.1, 0.15) is 36.5 Å². The van der Waals surface area contributed by atoms with Gasteiger partial charge in [-0.25, -0.2) is 0 Å². The van der Waals surface area contributed by atoms with Crippen LogP contribution in [0.15, 0.2) is 18.2 Å². The highest BCUT2D eigenvalue weighted by Crippen LogP contribution is 2.30. The Balaban J connectivity index is 1.95. The molecule has 4 nitrogen and oxygen atoms in total. The molecule has 0 heterocycles. The van der Waals surface area contributed by atoms with Gasteiger partial charge in [-0.1, -0.05) is 19.8 Å². The maximum atomic E-state index is 11.9. The topological polar surface area (TPSA) is 69.6 Å². The number of amides is 1. The van der Waals surface area contributed by atoms with E-state index in [2.05, 4.69) is 12.2 Å². The molecular weight excluding hydrogens is 230 g/mol. The minimum atomic E-state index is -0.286. The van der Waals surface area contributed by atoms with E-state index in [1.807, 2.05) is 0 Å². The largest absolute Gasteiger partial charge is 0.508 e. The number of aromatic hydroxyl groups is 2. The van der Waals surface area contributed by atoms with E-state index in [0.29, 0.717) is 18.4 Å². The van der Waals surface area contributed by atoms with E-state index in [1.54, 1.807) is 0 Å². The van der Waals surface area contributed by atoms with Gasteiger partial charge in [-0.2, -0.15) is 0 Å². The summed E-state index contributed by atoms with van der Waals surface area (Å²) in [5, 5.41) is 21.6. The first-order chi connectivity index (χ1) is 8.58. The highest BCUT2D eigenvalue weighted by atomic mass is 16.3. The van der Waals surface area contributed by atoms with Crippen LogP contribution in [0.2, 0.25) is 0 Å². The lowest BCUT2D eigenvalue weighted by atomic mass is 9.98. The number of phenolic OH excluding ortho intramolecular Hbond substituents is 2. The zero-order valence-corrected chi connectivity index (χ0v) is 10.5. The van der Waals surface area contributed by atoms with Crippen LogP contribution in [0.3, 0.4) is 0 Å². The molecule has 1 aliphatic carbocycles. The van der Waals surface area contributed by atoms with Gasteiger partial charge in [0.05, 0.1) is 5.56 Å². The number of hydrogen-bond acceptors (Lipinski definition) is 3. The number of nitrogens with one attached hydrogen (secondary N) is 1. The molecule has 2 unspecified atom stereocenters. The molecule has 0 bridgehead atoms. The molecule has 18 heavy (non-hydrogen) atoms. The lowest BCUT2D eigenvalue weighted by molar-refractivity contribution is 0.0942. The molecule has 0 aliphatic heterocycles. The van der Waals surface area contributed by atoms with Gasteiger partial charge in [-0.3, -0.25) is 4.79 Å². The Morgan fingerprint density at radius 2 is 2.17 bits per heavy atom. The monoisotopic (exact) mass is 249 g/mol. The third-order valence-electron chi connectivity index (χ3n) is 3.79. The van der Waals surface area contributed by atoms with E-state index < -0.39 is 0 Å². The molecule has 1 fully saturated rings. The maximum Gasteiger partial charge on any atom is 0.255 e. The molecule has 1 aromatic carbocycles. The molecule has 1 amide bonds. The van der Waals surface area contributed by atoms with Crippen LogP contribution in [-0.2, 0) is 0 Å². The standard InChI is InChI=1S/C14H19NO3/c1-9-3-2-4-10(9)8-15-14(18)12-6-5-11(16)7-13(12)17/h5-7,9-10,16-17H,2-4,8H2,1H3,(H,15,18). The van der Waals surface area contributed by atoms with Crippen molar-refractivity contribution in [2.75, 3.05) is 6.54 Å². The van der Waals surface area contributed by atoms with Gasteiger partial charge in [-0.05, 0) is 30.4 Å². The molecule has 4 heteroatoms. The second-order valence-corrected chi connectivity index (χ2v) is 5.08. The van der Waals surface area contributed by atoms with Crippen molar-refractivity contribution in [3.05, 3.63) is 23.8 Å². The van der Waals surface area contributed by atoms with Crippen molar-refractivity contribution in [3.8, 4) is 11.5 Å². The summed E-state index contributed by atoms with van der Waals surface area (Å²) in [6.07, 6.45) is 3.61. The minimum absolute atomic E-state index is 0.0477. The average Bonchev–Trinajstić information content (AvgIpc) is 2.72. The summed E-state index contributed by atoms with van der Waals surface area (Å²) in [5.74, 6) is 0.666. The van der Waals surface area contributed by atoms with E-state index in [-0.39, 0.29) is 23.0 Å². The highest BCUT2D eigenvalue weighted by molar-refractivity contribution is 5.96. The van der Waals surface area contributed by atoms with Gasteiger partial charge in [-0.15, -0.1) is 0 Å². The number of benzene rings is 1. The van der Waals surface area contributed by atoms with Crippen LogP contribution >= 0.6 is 0 Å². The van der Waals surface area contributed by atoms with Crippen LogP contribution in [-0.4, -0.2) is 22.7 Å². The molecular formula is C14H19NO3. The van der Waals surface area contributed by atoms with E-state index >= 15 is 0 Å². The smallest absolute Gasteiger partial charge is 0.255 e. The van der Waals surface area contributed by atoms with E-state index in [9.17, 15) is 9.90 Å². The molecule has 2 rings (SSSR count). The zero-order chi connectivity index (χ0) is 13.1. The molecule has 1 aromatic rings. The van der Waals surface area contributed by atoms with E-state index in [1.165, 1.54) is 31.0 Å². The van der Waals surface area contributed by atoms with Crippen molar-refractivity contribution in [2.45, 2.75) is 26.2 Å². The molecule has 1 aliphatic rings. The normalized spacial score (nSPS) is 22.9. The van der Waals surface area contributed by atoms with Gasteiger partial charge in [0, 0.05) is 12.6 Å². The predicted molar refractivity (Wildman–Crippen MR) is 68.6 cm³/mol. The van der Waals surface area contributed by atoms with Crippen molar-refractivity contribution in [1.82, 2.24) is 5.32 Å². The summed E-state index contributed by atoms with van der Waals surface area (Å²) in [6, 6.07) is 4.00. The zero-order valence-electron chi connectivity index (χ0n) is 10.5. The van der Waals surface area contributed by atoms with E-state index in [0.717, 1.165) is 6.42 Å². The van der Waals surface area contributed by atoms with E-state index in [4.69, 9.17) is 5.11 Å². The summed E-state index contributed by atoms with van der Waals surface area (Å²) in [6.45, 7) is 2.86. The van der Waals surface area contributed by atoms with Crippen molar-refractivity contribution in [3.63, 3.8) is 0 Å². The van der Waals surface area contributed by atoms with Gasteiger partial charge in [0.15, 0.2) is 0 Å². The Morgan fingerprint density at radius 3 is 2.78 bits per heavy atom. The molecule has 0 radical (unpaired) electrons. The number of carbonyl (C=O) groups is 1. The maximum absolute atomic E-state index is 11.9. The second-order valence-electron chi connectivity index (χ2n) is 5.08. The predicted octanol–water partition coefficient (Wildman–Crippen LogP) is 2.26. The number of hydrogen-bond donors (Lipinski definition) is 3. The van der Waals surface area contributed by atoms with Crippen molar-refractivity contribution in [2.24, 2.45) is 11.8 Å². The molecule has 98 valence electrons. The summed E-state index contributed by atoms with van der Waals surface area (Å²) in [4.78, 5) is 11.9. The molecule has 3 N–H and O–H groups in total. The first kappa shape index (κ1) is 12.7. The number of phenols is 2. The summed E-state index contributed by atoms with van der Waals surface area (Å²) in [5.41, 5.74) is 0.207. The molecule has 0 aromatic heterocycles. The van der Waals surface area contributed by atoms with Crippen LogP contribution in [0, 0.1) is 11.8 Å². The first-order valence-corrected chi connectivity index (χ1v) is 6.38. The second kappa shape index (κ2) is 5.29. The highest BCUT2D eigenvalue weighted by Gasteiger charge is 2.24. The van der Waals surface area contributed by atoms with Crippen molar-refractivity contribution < 1.29 is 15.0 Å². The Morgan fingerprint density at radius 1 is 1.39 bits per heavy atom. The van der Waals surface area contributed by atoms with Gasteiger partial charge < -0.3 is 15.5 Å². The first-order valence-electron chi connectivity index (χ1n) is 6.38. The van der Waals surface area contributed by atoms with Crippen LogP contribution in [0.25, 0.3) is 0 Å². The molecule has 0 saturated heterocycles. The Bertz CT molecular complexity index is 445.